The average Bonchev–Trinajstić information content (AvgIpc) is 3.24. The van der Waals surface area contributed by atoms with Crippen LogP contribution in [0.4, 0.5) is 5.69 Å². The molecule has 0 saturated carbocycles. The number of aryl methyl sites for hydroxylation is 2. The maximum Gasteiger partial charge on any atom is 0.237 e. The van der Waals surface area contributed by atoms with Crippen LogP contribution in [0.15, 0.2) is 78.2 Å². The Morgan fingerprint density at radius 2 is 1.62 bits per heavy atom. The monoisotopic (exact) mass is 443 g/mol. The highest BCUT2D eigenvalue weighted by Gasteiger charge is 2.21. The van der Waals surface area contributed by atoms with Gasteiger partial charge in [0, 0.05) is 30.2 Å². The van der Waals surface area contributed by atoms with Crippen LogP contribution < -0.4 is 4.90 Å². The van der Waals surface area contributed by atoms with Gasteiger partial charge in [-0.1, -0.05) is 48.2 Å². The first-order valence-electron chi connectivity index (χ1n) is 10.5. The third kappa shape index (κ3) is 4.43. The molecule has 1 amide bonds. The number of carbonyl (C=O) groups is 1. The largest absolute Gasteiger partial charge is 0.312 e. The van der Waals surface area contributed by atoms with Gasteiger partial charge in [-0.05, 0) is 56.2 Å². The van der Waals surface area contributed by atoms with Gasteiger partial charge in [0.2, 0.25) is 5.91 Å². The van der Waals surface area contributed by atoms with Crippen molar-refractivity contribution in [3.63, 3.8) is 0 Å². The third-order valence-electron chi connectivity index (χ3n) is 5.28. The summed E-state index contributed by atoms with van der Waals surface area (Å²) in [6, 6.07) is 19.9. The van der Waals surface area contributed by atoms with Crippen LogP contribution in [-0.4, -0.2) is 38.0 Å². The van der Waals surface area contributed by atoms with Crippen LogP contribution in [0.3, 0.4) is 0 Å². The Balaban J connectivity index is 1.66. The van der Waals surface area contributed by atoms with E-state index in [1.165, 1.54) is 11.8 Å². The summed E-state index contributed by atoms with van der Waals surface area (Å²) in [4.78, 5) is 19.1. The molecule has 162 valence electrons. The van der Waals surface area contributed by atoms with E-state index in [0.29, 0.717) is 11.7 Å². The number of amides is 1. The number of para-hydroxylation sites is 2. The summed E-state index contributed by atoms with van der Waals surface area (Å²) in [5.41, 5.74) is 5.04. The van der Waals surface area contributed by atoms with Crippen molar-refractivity contribution in [2.75, 3.05) is 17.2 Å². The quantitative estimate of drug-likeness (QED) is 0.372. The van der Waals surface area contributed by atoms with Gasteiger partial charge < -0.3 is 4.90 Å². The van der Waals surface area contributed by atoms with Crippen molar-refractivity contribution in [1.29, 1.82) is 0 Å². The predicted molar refractivity (Wildman–Crippen MR) is 129 cm³/mol. The number of pyridine rings is 1. The van der Waals surface area contributed by atoms with Gasteiger partial charge in [0.25, 0.3) is 0 Å². The minimum Gasteiger partial charge on any atom is -0.312 e. The van der Waals surface area contributed by atoms with Crippen LogP contribution in [0.25, 0.3) is 17.1 Å². The molecule has 0 atom stereocenters. The molecule has 0 aliphatic rings. The van der Waals surface area contributed by atoms with E-state index < -0.39 is 0 Å². The van der Waals surface area contributed by atoms with E-state index in [0.717, 1.165) is 33.9 Å². The third-order valence-corrected chi connectivity index (χ3v) is 6.19. The minimum atomic E-state index is 0.0385. The molecule has 2 aromatic carbocycles. The number of anilines is 1. The van der Waals surface area contributed by atoms with Gasteiger partial charge in [0.1, 0.15) is 0 Å². The van der Waals surface area contributed by atoms with Crippen molar-refractivity contribution >= 4 is 23.4 Å². The van der Waals surface area contributed by atoms with Crippen molar-refractivity contribution in [3.8, 4) is 17.1 Å². The molecule has 6 nitrogen and oxygen atoms in total. The molecule has 0 unspecified atom stereocenters. The molecule has 4 rings (SSSR count). The minimum absolute atomic E-state index is 0.0385. The van der Waals surface area contributed by atoms with E-state index in [-0.39, 0.29) is 11.7 Å². The number of thioether (sulfide) groups is 1. The maximum absolute atomic E-state index is 13.1. The number of nitrogens with zero attached hydrogens (tertiary/aromatic N) is 5. The van der Waals surface area contributed by atoms with E-state index in [2.05, 4.69) is 28.2 Å². The zero-order valence-electron chi connectivity index (χ0n) is 18.4. The lowest BCUT2D eigenvalue weighted by Gasteiger charge is -2.22. The number of rotatable bonds is 7. The summed E-state index contributed by atoms with van der Waals surface area (Å²) in [5, 5.41) is 9.58. The van der Waals surface area contributed by atoms with Crippen LogP contribution in [0.1, 0.15) is 18.1 Å². The van der Waals surface area contributed by atoms with Gasteiger partial charge in [-0.2, -0.15) is 0 Å². The van der Waals surface area contributed by atoms with Crippen LogP contribution in [0, 0.1) is 13.8 Å². The molecular formula is C25H25N5OS. The van der Waals surface area contributed by atoms with Gasteiger partial charge in [-0.3, -0.25) is 14.3 Å². The zero-order chi connectivity index (χ0) is 22.5. The topological polar surface area (TPSA) is 63.9 Å². The first kappa shape index (κ1) is 21.8. The van der Waals surface area contributed by atoms with E-state index in [4.69, 9.17) is 0 Å². The first-order chi connectivity index (χ1) is 15.6. The fourth-order valence-corrected chi connectivity index (χ4v) is 4.46. The highest BCUT2D eigenvalue weighted by molar-refractivity contribution is 7.99. The second-order valence-corrected chi connectivity index (χ2v) is 8.32. The summed E-state index contributed by atoms with van der Waals surface area (Å²) in [5.74, 6) is 1.03. The van der Waals surface area contributed by atoms with Crippen molar-refractivity contribution in [1.82, 2.24) is 19.7 Å². The lowest BCUT2D eigenvalue weighted by molar-refractivity contribution is -0.116. The van der Waals surface area contributed by atoms with E-state index in [1.807, 2.05) is 77.9 Å². The molecule has 0 aliphatic carbocycles. The number of carbonyl (C=O) groups excluding carboxylic acids is 1. The maximum atomic E-state index is 13.1. The summed E-state index contributed by atoms with van der Waals surface area (Å²) in [6.45, 7) is 6.68. The molecule has 0 radical (unpaired) electrons. The molecule has 4 aromatic rings. The van der Waals surface area contributed by atoms with Gasteiger partial charge >= 0.3 is 0 Å². The van der Waals surface area contributed by atoms with Gasteiger partial charge in [-0.25, -0.2) is 0 Å². The molecule has 32 heavy (non-hydrogen) atoms. The van der Waals surface area contributed by atoms with Gasteiger partial charge in [-0.15, -0.1) is 10.2 Å². The van der Waals surface area contributed by atoms with Crippen molar-refractivity contribution in [2.45, 2.75) is 25.9 Å². The summed E-state index contributed by atoms with van der Waals surface area (Å²) < 4.78 is 2.02. The molecule has 2 aromatic heterocycles. The molecule has 0 bridgehead atoms. The normalized spacial score (nSPS) is 10.8. The standard InChI is InChI=1S/C25H25N5OS/c1-4-29(21-11-7-5-9-18(21)2)23(31)17-32-25-28-27-24(20-13-15-26-16-14-20)30(25)22-12-8-6-10-19(22)3/h5-16H,4,17H2,1-3H3. The lowest BCUT2D eigenvalue weighted by atomic mass is 10.2. The molecule has 7 heteroatoms. The van der Waals surface area contributed by atoms with Crippen molar-refractivity contribution in [3.05, 3.63) is 84.2 Å². The number of benzene rings is 2. The Hall–Kier alpha value is -3.45. The molecule has 0 aliphatic heterocycles. The van der Waals surface area contributed by atoms with Gasteiger partial charge in [0.05, 0.1) is 11.4 Å². The smallest absolute Gasteiger partial charge is 0.237 e. The zero-order valence-corrected chi connectivity index (χ0v) is 19.2. The summed E-state index contributed by atoms with van der Waals surface area (Å²) in [7, 11) is 0. The number of hydrogen-bond donors (Lipinski definition) is 0. The molecule has 0 fully saturated rings. The highest BCUT2D eigenvalue weighted by Crippen LogP contribution is 2.30. The first-order valence-corrected chi connectivity index (χ1v) is 11.5. The fourth-order valence-electron chi connectivity index (χ4n) is 3.63. The highest BCUT2D eigenvalue weighted by atomic mass is 32.2. The molecule has 2 heterocycles. The average molecular weight is 444 g/mol. The van der Waals surface area contributed by atoms with E-state index in [1.54, 1.807) is 12.4 Å². The Bertz CT molecular complexity index is 1220. The molecule has 0 spiro atoms. The number of hydrogen-bond acceptors (Lipinski definition) is 5. The van der Waals surface area contributed by atoms with E-state index in [9.17, 15) is 4.79 Å². The second-order valence-electron chi connectivity index (χ2n) is 7.38. The second kappa shape index (κ2) is 9.78. The predicted octanol–water partition coefficient (Wildman–Crippen LogP) is 5.09. The molecule has 0 saturated heterocycles. The Morgan fingerprint density at radius 3 is 2.31 bits per heavy atom. The number of aromatic nitrogens is 4. The summed E-state index contributed by atoms with van der Waals surface area (Å²) in [6.07, 6.45) is 3.48. The Kier molecular flexibility index (Phi) is 6.66. The van der Waals surface area contributed by atoms with Crippen molar-refractivity contribution in [2.24, 2.45) is 0 Å². The van der Waals surface area contributed by atoms with Gasteiger partial charge in [0.15, 0.2) is 11.0 Å². The fraction of sp³-hybridized carbons (Fsp3) is 0.200. The molecule has 0 N–H and O–H groups in total. The molecular weight excluding hydrogens is 418 g/mol. The van der Waals surface area contributed by atoms with Crippen LogP contribution in [0.5, 0.6) is 0 Å². The Labute approximate surface area is 192 Å². The van der Waals surface area contributed by atoms with Crippen LogP contribution in [-0.2, 0) is 4.79 Å². The SMILES string of the molecule is CCN(C(=O)CSc1nnc(-c2ccncc2)n1-c1ccccc1C)c1ccccc1C. The van der Waals surface area contributed by atoms with E-state index >= 15 is 0 Å². The van der Waals surface area contributed by atoms with Crippen LogP contribution >= 0.6 is 11.8 Å². The summed E-state index contributed by atoms with van der Waals surface area (Å²) >= 11 is 1.40. The lowest BCUT2D eigenvalue weighted by Crippen LogP contribution is -2.32. The Morgan fingerprint density at radius 1 is 0.938 bits per heavy atom. The van der Waals surface area contributed by atoms with Crippen molar-refractivity contribution < 1.29 is 4.79 Å². The van der Waals surface area contributed by atoms with Crippen LogP contribution in [0.2, 0.25) is 0 Å².